The van der Waals surface area contributed by atoms with Crippen molar-refractivity contribution in [3.63, 3.8) is 0 Å². The van der Waals surface area contributed by atoms with Gasteiger partial charge in [-0.1, -0.05) is 42.5 Å². The van der Waals surface area contributed by atoms with E-state index in [1.54, 1.807) is 19.2 Å². The lowest BCUT2D eigenvalue weighted by Crippen LogP contribution is -2.12. The van der Waals surface area contributed by atoms with Crippen LogP contribution in [0.5, 0.6) is 5.75 Å². The molecule has 4 aromatic rings. The Balaban J connectivity index is 1.79. The third-order valence-corrected chi connectivity index (χ3v) is 8.60. The van der Waals surface area contributed by atoms with Gasteiger partial charge in [-0.05, 0) is 23.6 Å². The summed E-state index contributed by atoms with van der Waals surface area (Å²) in [6.07, 6.45) is 0. The Kier molecular flexibility index (Phi) is 6.08. The number of sulfonamides is 1. The molecule has 0 aliphatic rings. The number of fused-ring (bicyclic) bond motifs is 2. The fourth-order valence-corrected chi connectivity index (χ4v) is 6.59. The zero-order valence-corrected chi connectivity index (χ0v) is 19.2. The first-order chi connectivity index (χ1) is 14.9. The van der Waals surface area contributed by atoms with Crippen molar-refractivity contribution in [3.8, 4) is 5.75 Å². The number of thiophene rings is 1. The summed E-state index contributed by atoms with van der Waals surface area (Å²) in [6, 6.07) is 18.3. The first-order valence-electron chi connectivity index (χ1n) is 9.23. The first-order valence-corrected chi connectivity index (χ1v) is 12.5. The maximum Gasteiger partial charge on any atom is 0.315 e. The molecule has 3 aromatic carbocycles. The molecule has 0 saturated carbocycles. The predicted octanol–water partition coefficient (Wildman–Crippen LogP) is 5.13. The van der Waals surface area contributed by atoms with Gasteiger partial charge in [0.15, 0.2) is 0 Å². The number of rotatable bonds is 7. The number of ether oxygens (including phenoxy) is 2. The van der Waals surface area contributed by atoms with E-state index in [1.807, 2.05) is 48.5 Å². The molecule has 160 valence electrons. The van der Waals surface area contributed by atoms with Crippen LogP contribution in [-0.4, -0.2) is 34.4 Å². The van der Waals surface area contributed by atoms with Gasteiger partial charge in [0.25, 0.3) is 10.0 Å². The quantitative estimate of drug-likeness (QED) is 0.296. The normalized spacial score (nSPS) is 11.5. The van der Waals surface area contributed by atoms with Crippen LogP contribution in [0.15, 0.2) is 69.8 Å². The predicted molar refractivity (Wildman–Crippen MR) is 126 cm³/mol. The Morgan fingerprint density at radius 3 is 2.45 bits per heavy atom. The number of benzene rings is 3. The second-order valence-electron chi connectivity index (χ2n) is 6.57. The number of anilines is 1. The average molecular weight is 474 g/mol. The highest BCUT2D eigenvalue weighted by atomic mass is 32.2. The molecular formula is C22H19NO5S3. The lowest BCUT2D eigenvalue weighted by molar-refractivity contribution is -0.137. The number of hydrogen-bond donors (Lipinski definition) is 1. The number of nitrogens with one attached hydrogen (secondary N) is 1. The highest BCUT2D eigenvalue weighted by molar-refractivity contribution is 8.00. The molecule has 0 bridgehead atoms. The fourth-order valence-electron chi connectivity index (χ4n) is 3.21. The summed E-state index contributed by atoms with van der Waals surface area (Å²) < 4.78 is 40.5. The van der Waals surface area contributed by atoms with Crippen molar-refractivity contribution in [2.75, 3.05) is 24.7 Å². The van der Waals surface area contributed by atoms with Crippen LogP contribution in [0.4, 0.5) is 5.69 Å². The van der Waals surface area contributed by atoms with Crippen molar-refractivity contribution < 1.29 is 22.7 Å². The van der Waals surface area contributed by atoms with Gasteiger partial charge in [-0.2, -0.15) is 0 Å². The number of esters is 1. The molecule has 0 aliphatic heterocycles. The summed E-state index contributed by atoms with van der Waals surface area (Å²) in [7, 11) is -0.941. The first kappa shape index (κ1) is 21.5. The van der Waals surface area contributed by atoms with E-state index in [9.17, 15) is 13.2 Å². The number of hydrogen-bond acceptors (Lipinski definition) is 7. The summed E-state index contributed by atoms with van der Waals surface area (Å²) in [4.78, 5) is 12.3. The Labute approximate surface area is 188 Å². The molecule has 4 rings (SSSR count). The van der Waals surface area contributed by atoms with Crippen molar-refractivity contribution in [2.45, 2.75) is 9.10 Å². The molecule has 0 aliphatic carbocycles. The molecule has 1 heterocycles. The van der Waals surface area contributed by atoms with E-state index in [1.165, 1.54) is 30.2 Å². The monoisotopic (exact) mass is 473 g/mol. The van der Waals surface area contributed by atoms with Gasteiger partial charge < -0.3 is 9.47 Å². The van der Waals surface area contributed by atoms with Crippen LogP contribution in [0.1, 0.15) is 0 Å². The highest BCUT2D eigenvalue weighted by Crippen LogP contribution is 2.41. The topological polar surface area (TPSA) is 81.7 Å². The third kappa shape index (κ3) is 4.34. The Morgan fingerprint density at radius 1 is 1.03 bits per heavy atom. The minimum atomic E-state index is -3.81. The van der Waals surface area contributed by atoms with Gasteiger partial charge in [0, 0.05) is 15.5 Å². The fraction of sp³-hybridized carbons (Fsp3) is 0.136. The summed E-state index contributed by atoms with van der Waals surface area (Å²) in [5.41, 5.74) is 0.418. The molecule has 0 unspecified atom stereocenters. The van der Waals surface area contributed by atoms with E-state index in [0.717, 1.165) is 15.5 Å². The van der Waals surface area contributed by atoms with Crippen molar-refractivity contribution >= 4 is 65.6 Å². The summed E-state index contributed by atoms with van der Waals surface area (Å²) in [6.45, 7) is 0. The highest BCUT2D eigenvalue weighted by Gasteiger charge is 2.21. The van der Waals surface area contributed by atoms with Crippen molar-refractivity contribution in [1.82, 2.24) is 0 Å². The van der Waals surface area contributed by atoms with Crippen molar-refractivity contribution in [2.24, 2.45) is 0 Å². The largest absolute Gasteiger partial charge is 0.495 e. The molecule has 0 saturated heterocycles. The molecule has 0 spiro atoms. The SMILES string of the molecule is COC(=O)CSc1cc(NS(=O)(=O)c2cc3ccccc3s2)c2ccccc2c1OC. The van der Waals surface area contributed by atoms with Crippen LogP contribution in [0.2, 0.25) is 0 Å². The molecule has 1 aromatic heterocycles. The van der Waals surface area contributed by atoms with Crippen LogP contribution in [0.25, 0.3) is 20.9 Å². The maximum atomic E-state index is 13.2. The lowest BCUT2D eigenvalue weighted by atomic mass is 10.1. The smallest absolute Gasteiger partial charge is 0.315 e. The summed E-state index contributed by atoms with van der Waals surface area (Å²) in [5.74, 6) is 0.273. The lowest BCUT2D eigenvalue weighted by Gasteiger charge is -2.16. The van der Waals surface area contributed by atoms with Crippen molar-refractivity contribution in [3.05, 3.63) is 60.7 Å². The van der Waals surface area contributed by atoms with Gasteiger partial charge in [0.2, 0.25) is 0 Å². The molecular weight excluding hydrogens is 454 g/mol. The van der Waals surface area contributed by atoms with Gasteiger partial charge >= 0.3 is 5.97 Å². The second-order valence-corrected chi connectivity index (χ2v) is 10.6. The van der Waals surface area contributed by atoms with Crippen molar-refractivity contribution in [1.29, 1.82) is 0 Å². The van der Waals surface area contributed by atoms with E-state index in [-0.39, 0.29) is 15.9 Å². The van der Waals surface area contributed by atoms with Gasteiger partial charge in [-0.15, -0.1) is 23.1 Å². The van der Waals surface area contributed by atoms with Crippen LogP contribution in [0.3, 0.4) is 0 Å². The van der Waals surface area contributed by atoms with E-state index >= 15 is 0 Å². The van der Waals surface area contributed by atoms with Crippen LogP contribution < -0.4 is 9.46 Å². The van der Waals surface area contributed by atoms with Gasteiger partial charge in [-0.25, -0.2) is 8.42 Å². The molecule has 0 fully saturated rings. The molecule has 31 heavy (non-hydrogen) atoms. The summed E-state index contributed by atoms with van der Waals surface area (Å²) in [5, 5.41) is 2.32. The van der Waals surface area contributed by atoms with Crippen LogP contribution in [-0.2, 0) is 19.6 Å². The molecule has 6 nitrogen and oxygen atoms in total. The molecule has 0 atom stereocenters. The number of carbonyl (C=O) groups excluding carboxylic acids is 1. The summed E-state index contributed by atoms with van der Waals surface area (Å²) >= 11 is 2.44. The number of methoxy groups -OCH3 is 2. The Hall–Kier alpha value is -2.75. The van der Waals surface area contributed by atoms with E-state index in [0.29, 0.717) is 21.7 Å². The van der Waals surface area contributed by atoms with Crippen LogP contribution in [0, 0.1) is 0 Å². The van der Waals surface area contributed by atoms with E-state index in [4.69, 9.17) is 9.47 Å². The Bertz CT molecular complexity index is 1350. The minimum Gasteiger partial charge on any atom is -0.495 e. The molecule has 0 amide bonds. The van der Waals surface area contributed by atoms with Gasteiger partial charge in [0.05, 0.1) is 30.6 Å². The molecule has 1 N–H and O–H groups in total. The number of carbonyl (C=O) groups is 1. The maximum absolute atomic E-state index is 13.2. The standard InChI is InChI=1S/C22H19NO5S3/c1-27-20(24)13-29-19-12-17(15-8-4-5-9-16(15)22(19)28-2)23-31(25,26)21-11-14-7-3-6-10-18(14)30-21/h3-12,23H,13H2,1-2H3. The van der Waals surface area contributed by atoms with Gasteiger partial charge in [0.1, 0.15) is 9.96 Å². The molecule has 9 heteroatoms. The minimum absolute atomic E-state index is 0.0771. The third-order valence-electron chi connectivity index (χ3n) is 4.65. The van der Waals surface area contributed by atoms with Crippen LogP contribution >= 0.6 is 23.1 Å². The number of thioether (sulfide) groups is 1. The zero-order chi connectivity index (χ0) is 22.0. The average Bonchev–Trinajstić information content (AvgIpc) is 3.23. The molecule has 0 radical (unpaired) electrons. The zero-order valence-electron chi connectivity index (χ0n) is 16.7. The Morgan fingerprint density at radius 2 is 1.74 bits per heavy atom. The second kappa shape index (κ2) is 8.78. The van der Waals surface area contributed by atoms with E-state index in [2.05, 4.69) is 4.72 Å². The van der Waals surface area contributed by atoms with E-state index < -0.39 is 10.0 Å². The van der Waals surface area contributed by atoms with Gasteiger partial charge in [-0.3, -0.25) is 9.52 Å².